The van der Waals surface area contributed by atoms with Gasteiger partial charge in [-0.3, -0.25) is 9.48 Å². The zero-order chi connectivity index (χ0) is 29.9. The fourth-order valence-corrected chi connectivity index (χ4v) is 6.58. The van der Waals surface area contributed by atoms with E-state index in [9.17, 15) is 13.2 Å². The van der Waals surface area contributed by atoms with Crippen molar-refractivity contribution in [3.63, 3.8) is 0 Å². The third kappa shape index (κ3) is 6.15. The standard InChI is InChI=1S/C33H34ClN3O4S/c1-4-17-37-31(15-16-35-37)28-13-8-12-26-27(14-9-18-41-24-19-22(2)32(34)23(3)20-24)30(21-29(26)28)33(38)36-42(39,40)25-10-6-5-7-11-25/h5-8,10-13,15-16,19-20H,4,9,14,17-18,21H2,1-3H3,(H,36,38). The molecule has 0 saturated carbocycles. The van der Waals surface area contributed by atoms with Gasteiger partial charge in [0.1, 0.15) is 5.75 Å². The highest BCUT2D eigenvalue weighted by Crippen LogP contribution is 2.41. The van der Waals surface area contributed by atoms with Crippen LogP contribution in [-0.4, -0.2) is 30.7 Å². The Morgan fingerprint density at radius 2 is 1.74 bits per heavy atom. The summed E-state index contributed by atoms with van der Waals surface area (Å²) in [6, 6.07) is 19.8. The molecule has 218 valence electrons. The fraction of sp³-hybridized carbons (Fsp3) is 0.273. The van der Waals surface area contributed by atoms with Crippen LogP contribution in [0.15, 0.2) is 83.4 Å². The SMILES string of the molecule is CCCn1nccc1-c1cccc2c1CC(C(=O)NS(=O)(=O)c1ccccc1)=C2CCCOc1cc(C)c(Cl)c(C)c1. The van der Waals surface area contributed by atoms with E-state index in [1.54, 1.807) is 24.4 Å². The van der Waals surface area contributed by atoms with Crippen LogP contribution in [0.5, 0.6) is 5.75 Å². The lowest BCUT2D eigenvalue weighted by molar-refractivity contribution is -0.115. The molecule has 9 heteroatoms. The summed E-state index contributed by atoms with van der Waals surface area (Å²) >= 11 is 6.30. The Kier molecular flexibility index (Phi) is 8.85. The number of aryl methyl sites for hydroxylation is 3. The van der Waals surface area contributed by atoms with E-state index in [2.05, 4.69) is 16.7 Å². The summed E-state index contributed by atoms with van der Waals surface area (Å²) in [5.41, 5.74) is 7.11. The van der Waals surface area contributed by atoms with Crippen molar-refractivity contribution in [2.24, 2.45) is 0 Å². The Morgan fingerprint density at radius 3 is 2.45 bits per heavy atom. The summed E-state index contributed by atoms with van der Waals surface area (Å²) in [6.07, 6.45) is 4.22. The molecule has 4 aromatic rings. The van der Waals surface area contributed by atoms with Crippen LogP contribution in [0.4, 0.5) is 0 Å². The van der Waals surface area contributed by atoms with E-state index in [4.69, 9.17) is 16.3 Å². The van der Waals surface area contributed by atoms with E-state index in [1.807, 2.05) is 54.9 Å². The van der Waals surface area contributed by atoms with Crippen LogP contribution >= 0.6 is 11.6 Å². The normalized spacial score (nSPS) is 12.9. The lowest BCUT2D eigenvalue weighted by Gasteiger charge is -2.13. The van der Waals surface area contributed by atoms with Gasteiger partial charge in [0.25, 0.3) is 15.9 Å². The highest BCUT2D eigenvalue weighted by atomic mass is 35.5. The lowest BCUT2D eigenvalue weighted by atomic mass is 9.96. The molecule has 1 aliphatic carbocycles. The van der Waals surface area contributed by atoms with Crippen LogP contribution in [0.3, 0.4) is 0 Å². The van der Waals surface area contributed by atoms with Gasteiger partial charge in [0, 0.05) is 35.3 Å². The van der Waals surface area contributed by atoms with Crippen LogP contribution in [-0.2, 0) is 27.8 Å². The Bertz CT molecular complexity index is 1740. The monoisotopic (exact) mass is 603 g/mol. The maximum absolute atomic E-state index is 13.6. The molecule has 1 N–H and O–H groups in total. The highest BCUT2D eigenvalue weighted by molar-refractivity contribution is 7.90. The van der Waals surface area contributed by atoms with Crippen LogP contribution < -0.4 is 9.46 Å². The largest absolute Gasteiger partial charge is 0.494 e. The molecule has 0 bridgehead atoms. The molecule has 42 heavy (non-hydrogen) atoms. The zero-order valence-corrected chi connectivity index (χ0v) is 25.6. The van der Waals surface area contributed by atoms with Gasteiger partial charge in [0.05, 0.1) is 17.2 Å². The number of hydrogen-bond acceptors (Lipinski definition) is 5. The molecule has 1 amide bonds. The van der Waals surface area contributed by atoms with Gasteiger partial charge >= 0.3 is 0 Å². The van der Waals surface area contributed by atoms with Crippen molar-refractivity contribution in [2.45, 2.75) is 57.9 Å². The molecule has 0 unspecified atom stereocenters. The maximum Gasteiger partial charge on any atom is 0.264 e. The molecule has 1 aliphatic rings. The molecule has 0 fully saturated rings. The zero-order valence-electron chi connectivity index (χ0n) is 24.0. The fourth-order valence-electron chi connectivity index (χ4n) is 5.47. The average molecular weight is 604 g/mol. The third-order valence-corrected chi connectivity index (χ3v) is 9.39. The number of nitrogens with one attached hydrogen (secondary N) is 1. The Hall–Kier alpha value is -3.88. The Balaban J connectivity index is 1.44. The van der Waals surface area contributed by atoms with Crippen molar-refractivity contribution in [3.05, 3.63) is 106 Å². The van der Waals surface area contributed by atoms with Gasteiger partial charge in [-0.1, -0.05) is 54.9 Å². The van der Waals surface area contributed by atoms with Crippen molar-refractivity contribution >= 4 is 33.1 Å². The minimum Gasteiger partial charge on any atom is -0.494 e. The van der Waals surface area contributed by atoms with Crippen molar-refractivity contribution in [3.8, 4) is 17.0 Å². The molecule has 0 saturated heterocycles. The van der Waals surface area contributed by atoms with Crippen molar-refractivity contribution in [1.82, 2.24) is 14.5 Å². The summed E-state index contributed by atoms with van der Waals surface area (Å²) in [7, 11) is -4.03. The van der Waals surface area contributed by atoms with Crippen LogP contribution in [0.1, 0.15) is 48.4 Å². The number of halogens is 1. The van der Waals surface area contributed by atoms with E-state index in [1.165, 1.54) is 12.1 Å². The quantitative estimate of drug-likeness (QED) is 0.188. The molecule has 7 nitrogen and oxygen atoms in total. The second-order valence-electron chi connectivity index (χ2n) is 10.5. The number of ether oxygens (including phenoxy) is 1. The predicted molar refractivity (Wildman–Crippen MR) is 166 cm³/mol. The van der Waals surface area contributed by atoms with Crippen molar-refractivity contribution in [2.75, 3.05) is 6.61 Å². The first-order valence-electron chi connectivity index (χ1n) is 14.1. The molecule has 0 spiro atoms. The first-order valence-corrected chi connectivity index (χ1v) is 15.9. The topological polar surface area (TPSA) is 90.3 Å². The molecule has 3 aromatic carbocycles. The Labute approximate surface area is 252 Å². The molecule has 0 atom stereocenters. The number of hydrogen-bond donors (Lipinski definition) is 1. The Morgan fingerprint density at radius 1 is 1.02 bits per heavy atom. The first kappa shape index (κ1) is 29.6. The maximum atomic E-state index is 13.6. The number of rotatable bonds is 11. The minimum atomic E-state index is -4.03. The molecule has 1 heterocycles. The summed E-state index contributed by atoms with van der Waals surface area (Å²) in [5, 5.41) is 5.22. The van der Waals surface area contributed by atoms with E-state index in [0.717, 1.165) is 62.8 Å². The molecule has 5 rings (SSSR count). The number of amides is 1. The summed E-state index contributed by atoms with van der Waals surface area (Å²) in [4.78, 5) is 13.7. The number of allylic oxidation sites excluding steroid dienone is 1. The number of carbonyl (C=O) groups excluding carboxylic acids is 1. The van der Waals surface area contributed by atoms with Crippen LogP contribution in [0.2, 0.25) is 5.02 Å². The van der Waals surface area contributed by atoms with E-state index in [-0.39, 0.29) is 4.90 Å². The van der Waals surface area contributed by atoms with Gasteiger partial charge < -0.3 is 4.74 Å². The number of sulfonamides is 1. The predicted octanol–water partition coefficient (Wildman–Crippen LogP) is 6.90. The number of nitrogens with zero attached hydrogens (tertiary/aromatic N) is 2. The average Bonchev–Trinajstić information content (AvgIpc) is 3.59. The van der Waals surface area contributed by atoms with Crippen LogP contribution in [0.25, 0.3) is 16.8 Å². The number of carbonyl (C=O) groups is 1. The number of fused-ring (bicyclic) bond motifs is 1. The second-order valence-corrected chi connectivity index (χ2v) is 12.5. The lowest BCUT2D eigenvalue weighted by Crippen LogP contribution is -2.32. The molecule has 0 aliphatic heterocycles. The molecule has 1 aromatic heterocycles. The first-order chi connectivity index (χ1) is 20.2. The van der Waals surface area contributed by atoms with Gasteiger partial charge in [-0.2, -0.15) is 5.10 Å². The summed E-state index contributed by atoms with van der Waals surface area (Å²) in [5.74, 6) is 0.136. The smallest absolute Gasteiger partial charge is 0.264 e. The summed E-state index contributed by atoms with van der Waals surface area (Å²) < 4.78 is 36.4. The van der Waals surface area contributed by atoms with Gasteiger partial charge in [-0.05, 0) is 91.3 Å². The van der Waals surface area contributed by atoms with Gasteiger partial charge in [0.2, 0.25) is 0 Å². The van der Waals surface area contributed by atoms with E-state index < -0.39 is 15.9 Å². The molecule has 0 radical (unpaired) electrons. The minimum absolute atomic E-state index is 0.0436. The highest BCUT2D eigenvalue weighted by Gasteiger charge is 2.31. The molecular formula is C33H34ClN3O4S. The van der Waals surface area contributed by atoms with Gasteiger partial charge in [0.15, 0.2) is 0 Å². The number of aromatic nitrogens is 2. The van der Waals surface area contributed by atoms with Crippen LogP contribution in [0, 0.1) is 13.8 Å². The molecular weight excluding hydrogens is 570 g/mol. The van der Waals surface area contributed by atoms with Gasteiger partial charge in [-0.15, -0.1) is 0 Å². The van der Waals surface area contributed by atoms with Crippen molar-refractivity contribution < 1.29 is 17.9 Å². The second kappa shape index (κ2) is 12.5. The van der Waals surface area contributed by atoms with E-state index >= 15 is 0 Å². The summed E-state index contributed by atoms with van der Waals surface area (Å²) in [6.45, 7) is 7.20. The third-order valence-electron chi connectivity index (χ3n) is 7.45. The van der Waals surface area contributed by atoms with Crippen molar-refractivity contribution in [1.29, 1.82) is 0 Å². The number of benzene rings is 3. The van der Waals surface area contributed by atoms with E-state index in [0.29, 0.717) is 31.4 Å². The van der Waals surface area contributed by atoms with Gasteiger partial charge in [-0.25, -0.2) is 13.1 Å².